The molecule has 0 atom stereocenters. The molecule has 2 aromatic rings. The molecule has 2 heterocycles. The maximum absolute atomic E-state index is 12.9. The molecule has 23 heavy (non-hydrogen) atoms. The molecule has 1 aromatic carbocycles. The quantitative estimate of drug-likeness (QED) is 0.916. The maximum atomic E-state index is 12.9. The van der Waals surface area contributed by atoms with Crippen LogP contribution in [0.4, 0.5) is 0 Å². The second kappa shape index (κ2) is 6.86. The number of thiophene rings is 1. The number of aliphatic carboxylic acids is 1. The van der Waals surface area contributed by atoms with Crippen molar-refractivity contribution in [2.45, 2.75) is 18.9 Å². The van der Waals surface area contributed by atoms with Crippen molar-refractivity contribution < 1.29 is 19.4 Å². The van der Waals surface area contributed by atoms with E-state index in [0.29, 0.717) is 36.0 Å². The Bertz CT molecular complexity index is 739. The number of hydrogen-bond acceptors (Lipinski definition) is 4. The van der Waals surface area contributed by atoms with Crippen molar-refractivity contribution in [3.63, 3.8) is 0 Å². The Morgan fingerprint density at radius 1 is 1.30 bits per heavy atom. The summed E-state index contributed by atoms with van der Waals surface area (Å²) in [7, 11) is 0. The van der Waals surface area contributed by atoms with Crippen LogP contribution in [-0.2, 0) is 9.53 Å². The van der Waals surface area contributed by atoms with Gasteiger partial charge in [0.2, 0.25) is 0 Å². The van der Waals surface area contributed by atoms with E-state index in [1.54, 1.807) is 0 Å². The molecule has 1 aromatic heterocycles. The number of carboxylic acids is 1. The SMILES string of the molecule is O=C(O)CN(C(=O)c1sc2ccccc2c1Cl)C1CCOCC1. The van der Waals surface area contributed by atoms with Crippen molar-refractivity contribution >= 4 is 44.9 Å². The van der Waals surface area contributed by atoms with E-state index in [2.05, 4.69) is 0 Å². The van der Waals surface area contributed by atoms with E-state index in [9.17, 15) is 9.59 Å². The van der Waals surface area contributed by atoms with Crippen molar-refractivity contribution in [3.8, 4) is 0 Å². The van der Waals surface area contributed by atoms with Crippen LogP contribution in [0.1, 0.15) is 22.5 Å². The summed E-state index contributed by atoms with van der Waals surface area (Å²) in [4.78, 5) is 25.9. The Hall–Kier alpha value is -1.63. The lowest BCUT2D eigenvalue weighted by molar-refractivity contribution is -0.138. The van der Waals surface area contributed by atoms with Gasteiger partial charge in [0.25, 0.3) is 5.91 Å². The van der Waals surface area contributed by atoms with Crippen LogP contribution in [0.15, 0.2) is 24.3 Å². The van der Waals surface area contributed by atoms with Crippen molar-refractivity contribution in [2.24, 2.45) is 0 Å². The summed E-state index contributed by atoms with van der Waals surface area (Å²) >= 11 is 7.67. The van der Waals surface area contributed by atoms with E-state index in [0.717, 1.165) is 10.1 Å². The number of nitrogens with zero attached hydrogens (tertiary/aromatic N) is 1. The van der Waals surface area contributed by atoms with Crippen molar-refractivity contribution in [1.82, 2.24) is 4.90 Å². The molecule has 1 aliphatic rings. The van der Waals surface area contributed by atoms with Crippen molar-refractivity contribution in [1.29, 1.82) is 0 Å². The van der Waals surface area contributed by atoms with Gasteiger partial charge in [-0.3, -0.25) is 9.59 Å². The molecule has 0 unspecified atom stereocenters. The van der Waals surface area contributed by atoms with Gasteiger partial charge in [0, 0.05) is 29.3 Å². The number of ether oxygens (including phenoxy) is 1. The van der Waals surface area contributed by atoms with Crippen LogP contribution >= 0.6 is 22.9 Å². The van der Waals surface area contributed by atoms with Crippen LogP contribution in [-0.4, -0.2) is 47.7 Å². The normalized spacial score (nSPS) is 15.7. The van der Waals surface area contributed by atoms with Crippen molar-refractivity contribution in [3.05, 3.63) is 34.2 Å². The first kappa shape index (κ1) is 16.2. The number of rotatable bonds is 4. The molecule has 1 N–H and O–H groups in total. The van der Waals surface area contributed by atoms with Crippen molar-refractivity contribution in [2.75, 3.05) is 19.8 Å². The van der Waals surface area contributed by atoms with Gasteiger partial charge in [0.1, 0.15) is 11.4 Å². The topological polar surface area (TPSA) is 66.8 Å². The molecule has 7 heteroatoms. The number of fused-ring (bicyclic) bond motifs is 1. The highest BCUT2D eigenvalue weighted by molar-refractivity contribution is 7.21. The molecule has 122 valence electrons. The van der Waals surface area contributed by atoms with E-state index >= 15 is 0 Å². The number of amides is 1. The van der Waals surface area contributed by atoms with Gasteiger partial charge in [-0.05, 0) is 18.9 Å². The molecule has 1 saturated heterocycles. The molecular formula is C16H16ClNO4S. The molecule has 3 rings (SSSR count). The van der Waals surface area contributed by atoms with Crippen LogP contribution in [0.25, 0.3) is 10.1 Å². The van der Waals surface area contributed by atoms with Gasteiger partial charge in [-0.1, -0.05) is 29.8 Å². The Morgan fingerprint density at radius 3 is 2.65 bits per heavy atom. The Morgan fingerprint density at radius 2 is 2.00 bits per heavy atom. The van der Waals surface area contributed by atoms with Gasteiger partial charge in [-0.15, -0.1) is 11.3 Å². The minimum Gasteiger partial charge on any atom is -0.480 e. The molecule has 1 fully saturated rings. The van der Waals surface area contributed by atoms with Crippen LogP contribution in [0.5, 0.6) is 0 Å². The number of halogens is 1. The highest BCUT2D eigenvalue weighted by Crippen LogP contribution is 2.36. The van der Waals surface area contributed by atoms with Gasteiger partial charge in [0.15, 0.2) is 0 Å². The molecule has 0 saturated carbocycles. The number of hydrogen-bond donors (Lipinski definition) is 1. The molecule has 0 bridgehead atoms. The minimum absolute atomic E-state index is 0.131. The second-order valence-electron chi connectivity index (χ2n) is 5.41. The lowest BCUT2D eigenvalue weighted by Crippen LogP contribution is -2.45. The van der Waals surface area contributed by atoms with Crippen LogP contribution in [0.3, 0.4) is 0 Å². The van der Waals surface area contributed by atoms with E-state index in [1.807, 2.05) is 24.3 Å². The molecule has 0 aliphatic carbocycles. The summed E-state index contributed by atoms with van der Waals surface area (Å²) in [5.74, 6) is -1.34. The van der Waals surface area contributed by atoms with Crippen LogP contribution in [0.2, 0.25) is 5.02 Å². The fourth-order valence-electron chi connectivity index (χ4n) is 2.79. The summed E-state index contributed by atoms with van der Waals surface area (Å²) < 4.78 is 6.22. The maximum Gasteiger partial charge on any atom is 0.323 e. The van der Waals surface area contributed by atoms with E-state index < -0.39 is 5.97 Å². The number of carbonyl (C=O) groups excluding carboxylic acids is 1. The zero-order valence-electron chi connectivity index (χ0n) is 12.3. The molecule has 0 radical (unpaired) electrons. The van der Waals surface area contributed by atoms with Gasteiger partial charge >= 0.3 is 5.97 Å². The molecule has 1 amide bonds. The van der Waals surface area contributed by atoms with Gasteiger partial charge in [-0.25, -0.2) is 0 Å². The average molecular weight is 354 g/mol. The fraction of sp³-hybridized carbons (Fsp3) is 0.375. The minimum atomic E-state index is -1.03. The summed E-state index contributed by atoms with van der Waals surface area (Å²) in [6.45, 7) is 0.747. The largest absolute Gasteiger partial charge is 0.480 e. The predicted molar refractivity (Wildman–Crippen MR) is 89.3 cm³/mol. The summed E-state index contributed by atoms with van der Waals surface area (Å²) in [5, 5.41) is 10.4. The zero-order valence-corrected chi connectivity index (χ0v) is 13.9. The number of carboxylic acid groups (broad SMARTS) is 1. The van der Waals surface area contributed by atoms with E-state index in [-0.39, 0.29) is 18.5 Å². The predicted octanol–water partition coefficient (Wildman–Crippen LogP) is 3.26. The van der Waals surface area contributed by atoms with E-state index in [4.69, 9.17) is 21.4 Å². The summed E-state index contributed by atoms with van der Waals surface area (Å²) in [6, 6.07) is 7.38. The smallest absolute Gasteiger partial charge is 0.323 e. The van der Waals surface area contributed by atoms with E-state index in [1.165, 1.54) is 16.2 Å². The Kier molecular flexibility index (Phi) is 4.84. The summed E-state index contributed by atoms with van der Waals surface area (Å²) in [5.41, 5.74) is 0. The third-order valence-corrected chi connectivity index (χ3v) is 5.59. The monoisotopic (exact) mass is 353 g/mol. The second-order valence-corrected chi connectivity index (χ2v) is 6.84. The number of benzene rings is 1. The molecular weight excluding hydrogens is 338 g/mol. The first-order chi connectivity index (χ1) is 11.1. The molecule has 0 spiro atoms. The Labute approximate surface area is 142 Å². The third kappa shape index (κ3) is 3.34. The Balaban J connectivity index is 1.95. The first-order valence-electron chi connectivity index (χ1n) is 7.35. The fourth-order valence-corrected chi connectivity index (χ4v) is 4.26. The van der Waals surface area contributed by atoms with Gasteiger partial charge < -0.3 is 14.7 Å². The average Bonchev–Trinajstić information content (AvgIpc) is 2.90. The lowest BCUT2D eigenvalue weighted by atomic mass is 10.1. The third-order valence-electron chi connectivity index (χ3n) is 3.93. The number of carbonyl (C=O) groups is 2. The van der Waals surface area contributed by atoms with Gasteiger partial charge in [-0.2, -0.15) is 0 Å². The summed E-state index contributed by atoms with van der Waals surface area (Å²) in [6.07, 6.45) is 1.28. The highest BCUT2D eigenvalue weighted by Gasteiger charge is 2.30. The van der Waals surface area contributed by atoms with Crippen LogP contribution in [0, 0.1) is 0 Å². The zero-order chi connectivity index (χ0) is 16.4. The first-order valence-corrected chi connectivity index (χ1v) is 8.55. The molecule has 5 nitrogen and oxygen atoms in total. The highest BCUT2D eigenvalue weighted by atomic mass is 35.5. The standard InChI is InChI=1S/C16H16ClNO4S/c17-14-11-3-1-2-4-12(11)23-15(14)16(21)18(9-13(19)20)10-5-7-22-8-6-10/h1-4,10H,5-9H2,(H,19,20). The lowest BCUT2D eigenvalue weighted by Gasteiger charge is -2.33. The molecule has 1 aliphatic heterocycles. The van der Waals surface area contributed by atoms with Gasteiger partial charge in [0.05, 0.1) is 5.02 Å². The van der Waals surface area contributed by atoms with Crippen LogP contribution < -0.4 is 0 Å².